The topological polar surface area (TPSA) is 94.7 Å². The van der Waals surface area contributed by atoms with E-state index >= 15 is 0 Å². The van der Waals surface area contributed by atoms with Crippen LogP contribution < -0.4 is 15.1 Å². The van der Waals surface area contributed by atoms with Crippen LogP contribution in [0.3, 0.4) is 0 Å². The Morgan fingerprint density at radius 3 is 2.43 bits per heavy atom. The first-order chi connectivity index (χ1) is 19.9. The summed E-state index contributed by atoms with van der Waals surface area (Å²) in [6.07, 6.45) is -0.439. The first-order valence-electron chi connectivity index (χ1n) is 14.4. The van der Waals surface area contributed by atoms with Gasteiger partial charge in [-0.05, 0) is 51.0 Å². The molecule has 0 saturated carbocycles. The Labute approximate surface area is 252 Å². The summed E-state index contributed by atoms with van der Waals surface area (Å²) in [6.45, 7) is 11.0. The van der Waals surface area contributed by atoms with Crippen molar-refractivity contribution in [3.8, 4) is 0 Å². The zero-order valence-corrected chi connectivity index (χ0v) is 25.5. The van der Waals surface area contributed by atoms with Crippen LogP contribution in [0.25, 0.3) is 0 Å². The average molecular weight is 598 g/mol. The zero-order valence-electron chi connectivity index (χ0n) is 24.8. The van der Waals surface area contributed by atoms with Gasteiger partial charge in [-0.25, -0.2) is 9.59 Å². The van der Waals surface area contributed by atoms with Crippen molar-refractivity contribution >= 4 is 41.1 Å². The van der Waals surface area contributed by atoms with Crippen LogP contribution in [0.2, 0.25) is 5.02 Å². The van der Waals surface area contributed by atoms with Crippen molar-refractivity contribution in [1.82, 2.24) is 15.1 Å². The molecule has 2 fully saturated rings. The van der Waals surface area contributed by atoms with E-state index in [9.17, 15) is 14.4 Å². The number of carbonyl (C=O) groups excluding carboxylic acids is 3. The molecule has 0 aromatic heterocycles. The van der Waals surface area contributed by atoms with E-state index in [1.807, 2.05) is 42.5 Å². The van der Waals surface area contributed by atoms with Crippen molar-refractivity contribution in [2.45, 2.75) is 45.4 Å². The Kier molecular flexibility index (Phi) is 8.57. The number of likely N-dealkylation sites (tertiary alicyclic amines) is 2. The third-order valence-corrected chi connectivity index (χ3v) is 8.20. The number of hydrogen-bond donors (Lipinski definition) is 1. The summed E-state index contributed by atoms with van der Waals surface area (Å²) < 4.78 is 10.9. The van der Waals surface area contributed by atoms with E-state index < -0.39 is 17.7 Å². The lowest BCUT2D eigenvalue weighted by Crippen LogP contribution is -2.73. The first kappa shape index (κ1) is 30.0. The molecular formula is C31H40ClN5O5. The summed E-state index contributed by atoms with van der Waals surface area (Å²) in [7, 11) is 1.72. The molecule has 1 spiro atoms. The van der Waals surface area contributed by atoms with E-state index in [-0.39, 0.29) is 24.0 Å². The number of nitrogens with zero attached hydrogens (tertiary/aromatic N) is 4. The molecule has 226 valence electrons. The molecule has 5 rings (SSSR count). The zero-order chi connectivity index (χ0) is 30.1. The summed E-state index contributed by atoms with van der Waals surface area (Å²) in [5, 5.41) is 3.37. The normalized spacial score (nSPS) is 20.2. The predicted octanol–water partition coefficient (Wildman–Crippen LogP) is 4.36. The number of nitrogens with one attached hydrogen (secondary N) is 1. The Hall–Kier alpha value is -3.50. The maximum atomic E-state index is 13.3. The maximum absolute atomic E-state index is 13.3. The highest BCUT2D eigenvalue weighted by Gasteiger charge is 2.53. The fraction of sp³-hybridized carbons (Fsp3) is 0.516. The van der Waals surface area contributed by atoms with Crippen LogP contribution in [0.15, 0.2) is 48.5 Å². The molecule has 0 bridgehead atoms. The van der Waals surface area contributed by atoms with Crippen LogP contribution in [0.5, 0.6) is 0 Å². The van der Waals surface area contributed by atoms with Gasteiger partial charge in [-0.3, -0.25) is 4.79 Å². The van der Waals surface area contributed by atoms with Crippen LogP contribution in [0.4, 0.5) is 21.0 Å². The second-order valence-electron chi connectivity index (χ2n) is 12.6. The number of fused-ring (bicyclic) bond motifs is 1. The number of carbonyl (C=O) groups is 3. The van der Waals surface area contributed by atoms with Gasteiger partial charge in [0.2, 0.25) is 5.91 Å². The molecule has 2 aromatic carbocycles. The maximum Gasteiger partial charge on any atom is 0.410 e. The molecule has 0 radical (unpaired) electrons. The molecule has 0 aliphatic carbocycles. The molecule has 2 aromatic rings. The molecule has 10 nitrogen and oxygen atoms in total. The summed E-state index contributed by atoms with van der Waals surface area (Å²) in [6, 6.07) is 14.5. The third-order valence-electron chi connectivity index (χ3n) is 7.97. The van der Waals surface area contributed by atoms with Crippen LogP contribution in [-0.2, 0) is 20.9 Å². The number of alkyl carbamates (subject to hydrolysis) is 1. The van der Waals surface area contributed by atoms with Gasteiger partial charge in [-0.2, -0.15) is 0 Å². The van der Waals surface area contributed by atoms with Gasteiger partial charge in [-0.1, -0.05) is 41.9 Å². The number of benzene rings is 2. The van der Waals surface area contributed by atoms with Crippen LogP contribution >= 0.6 is 11.6 Å². The summed E-state index contributed by atoms with van der Waals surface area (Å²) in [5.74, 6) is -0.203. The first-order valence-corrected chi connectivity index (χ1v) is 14.8. The largest absolute Gasteiger partial charge is 0.445 e. The van der Waals surface area contributed by atoms with E-state index in [1.165, 1.54) is 0 Å². The third kappa shape index (κ3) is 6.93. The molecular weight excluding hydrogens is 558 g/mol. The fourth-order valence-corrected chi connectivity index (χ4v) is 6.12. The van der Waals surface area contributed by atoms with Crippen molar-refractivity contribution in [3.05, 3.63) is 59.1 Å². The van der Waals surface area contributed by atoms with Crippen LogP contribution in [0, 0.1) is 5.41 Å². The molecule has 3 heterocycles. The number of rotatable bonds is 6. The molecule has 2 saturated heterocycles. The minimum Gasteiger partial charge on any atom is -0.445 e. The Morgan fingerprint density at radius 1 is 1.02 bits per heavy atom. The number of halogens is 1. The van der Waals surface area contributed by atoms with E-state index in [0.29, 0.717) is 31.1 Å². The van der Waals surface area contributed by atoms with Gasteiger partial charge in [0.25, 0.3) is 0 Å². The Bertz CT molecular complexity index is 1300. The molecule has 3 aliphatic rings. The van der Waals surface area contributed by atoms with E-state index in [4.69, 9.17) is 21.1 Å². The Morgan fingerprint density at radius 2 is 1.74 bits per heavy atom. The van der Waals surface area contributed by atoms with Gasteiger partial charge in [0, 0.05) is 63.3 Å². The molecule has 11 heteroatoms. The SMILES string of the molecule is CN1C(=O)[C@@H](NC(=O)OC(C)(C)C)CCN(CCN2CC3(C2)CN(C(=O)OCc2ccccc2)C3)c2cc(Cl)ccc21. The number of amides is 3. The van der Waals surface area contributed by atoms with E-state index in [2.05, 4.69) is 15.1 Å². The van der Waals surface area contributed by atoms with Gasteiger partial charge < -0.3 is 34.4 Å². The molecule has 42 heavy (non-hydrogen) atoms. The molecule has 3 amide bonds. The van der Waals surface area contributed by atoms with Gasteiger partial charge in [0.15, 0.2) is 0 Å². The van der Waals surface area contributed by atoms with Crippen molar-refractivity contribution < 1.29 is 23.9 Å². The van der Waals surface area contributed by atoms with Gasteiger partial charge in [-0.15, -0.1) is 0 Å². The fourth-order valence-electron chi connectivity index (χ4n) is 5.96. The minimum absolute atomic E-state index is 0.137. The second-order valence-corrected chi connectivity index (χ2v) is 13.0. The molecule has 1 atom stereocenters. The summed E-state index contributed by atoms with van der Waals surface area (Å²) in [4.78, 5) is 46.3. The monoisotopic (exact) mass is 597 g/mol. The number of likely N-dealkylation sites (N-methyl/N-ethyl adjacent to an activating group) is 1. The number of hydrogen-bond acceptors (Lipinski definition) is 7. The van der Waals surface area contributed by atoms with Crippen molar-refractivity contribution in [2.75, 3.05) is 62.7 Å². The highest BCUT2D eigenvalue weighted by molar-refractivity contribution is 6.31. The predicted molar refractivity (Wildman–Crippen MR) is 162 cm³/mol. The molecule has 0 unspecified atom stereocenters. The van der Waals surface area contributed by atoms with Gasteiger partial charge >= 0.3 is 12.2 Å². The van der Waals surface area contributed by atoms with Gasteiger partial charge in [0.05, 0.1) is 11.4 Å². The molecule has 3 aliphatic heterocycles. The van der Waals surface area contributed by atoms with Crippen molar-refractivity contribution in [1.29, 1.82) is 0 Å². The van der Waals surface area contributed by atoms with Gasteiger partial charge in [0.1, 0.15) is 18.2 Å². The minimum atomic E-state index is -0.717. The lowest BCUT2D eigenvalue weighted by molar-refractivity contribution is -0.120. The summed E-state index contributed by atoms with van der Waals surface area (Å²) >= 11 is 6.38. The van der Waals surface area contributed by atoms with Crippen LogP contribution in [0.1, 0.15) is 32.8 Å². The lowest BCUT2D eigenvalue weighted by Gasteiger charge is -2.60. The highest BCUT2D eigenvalue weighted by Crippen LogP contribution is 2.40. The highest BCUT2D eigenvalue weighted by atomic mass is 35.5. The van der Waals surface area contributed by atoms with Crippen molar-refractivity contribution in [3.63, 3.8) is 0 Å². The number of anilines is 2. The summed E-state index contributed by atoms with van der Waals surface area (Å²) in [5.41, 5.74) is 2.08. The average Bonchev–Trinajstić information content (AvgIpc) is 2.89. The molecule has 1 N–H and O–H groups in total. The smallest absolute Gasteiger partial charge is 0.410 e. The lowest BCUT2D eigenvalue weighted by atomic mass is 9.73. The van der Waals surface area contributed by atoms with Crippen LogP contribution in [-0.4, -0.2) is 92.4 Å². The number of ether oxygens (including phenoxy) is 2. The Balaban J connectivity index is 1.15. The standard InChI is InChI=1S/C31H40ClN5O5/c1-30(2,3)42-28(39)33-24-12-13-36(26-16-23(32)10-11-25(26)34(4)27(24)38)15-14-35-18-31(19-35)20-37(21-31)29(40)41-17-22-8-6-5-7-9-22/h5-11,16,24H,12-15,17-21H2,1-4H3,(H,33,39)/t24-/m0/s1. The van der Waals surface area contributed by atoms with E-state index in [0.717, 1.165) is 43.1 Å². The van der Waals surface area contributed by atoms with E-state index in [1.54, 1.807) is 43.7 Å². The van der Waals surface area contributed by atoms with Crippen molar-refractivity contribution in [2.24, 2.45) is 5.41 Å². The quantitative estimate of drug-likeness (QED) is 0.529. The second kappa shape index (κ2) is 12.0.